The summed E-state index contributed by atoms with van der Waals surface area (Å²) in [7, 11) is 1.31. The van der Waals surface area contributed by atoms with Crippen LogP contribution in [0.3, 0.4) is 0 Å². The number of aromatic amines is 1. The largest absolute Gasteiger partial charge is 0.496 e. The number of hydrogen-bond acceptors (Lipinski definition) is 4. The van der Waals surface area contributed by atoms with E-state index in [1.54, 1.807) is 0 Å². The fourth-order valence-electron chi connectivity index (χ4n) is 1.57. The predicted octanol–water partition coefficient (Wildman–Crippen LogP) is 1.51. The molecule has 0 atom stereocenters. The molecule has 2 rings (SSSR count). The summed E-state index contributed by atoms with van der Waals surface area (Å²) in [6.45, 7) is 0. The molecule has 8 heteroatoms. The number of anilines is 1. The summed E-state index contributed by atoms with van der Waals surface area (Å²) in [4.78, 5) is 22.6. The van der Waals surface area contributed by atoms with Crippen LogP contribution in [0.25, 0.3) is 0 Å². The molecule has 0 saturated carbocycles. The highest BCUT2D eigenvalue weighted by Gasteiger charge is 2.19. The van der Waals surface area contributed by atoms with Crippen molar-refractivity contribution in [1.29, 1.82) is 0 Å². The van der Waals surface area contributed by atoms with Gasteiger partial charge in [-0.05, 0) is 12.1 Å². The van der Waals surface area contributed by atoms with Crippen LogP contribution < -0.4 is 10.1 Å². The Balaban J connectivity index is 2.26. The van der Waals surface area contributed by atoms with Gasteiger partial charge in [0.25, 0.3) is 5.91 Å². The van der Waals surface area contributed by atoms with E-state index >= 15 is 0 Å². The van der Waals surface area contributed by atoms with Gasteiger partial charge in [-0.25, -0.2) is 9.18 Å². The first kappa shape index (κ1) is 13.5. The number of nitrogens with one attached hydrogen (secondary N) is 2. The van der Waals surface area contributed by atoms with Gasteiger partial charge in [0, 0.05) is 6.07 Å². The van der Waals surface area contributed by atoms with E-state index < -0.39 is 17.7 Å². The van der Waals surface area contributed by atoms with Crippen molar-refractivity contribution < 1.29 is 23.8 Å². The van der Waals surface area contributed by atoms with Gasteiger partial charge in [0.2, 0.25) is 0 Å². The number of carboxylic acids is 1. The summed E-state index contributed by atoms with van der Waals surface area (Å²) in [5, 5.41) is 16.8. The topological polar surface area (TPSA) is 104 Å². The molecule has 0 aliphatic rings. The lowest BCUT2D eigenvalue weighted by atomic mass is 10.1. The van der Waals surface area contributed by atoms with Crippen LogP contribution >= 0.6 is 0 Å². The van der Waals surface area contributed by atoms with Crippen molar-refractivity contribution in [1.82, 2.24) is 10.2 Å². The first-order chi connectivity index (χ1) is 9.52. The molecule has 7 nitrogen and oxygen atoms in total. The monoisotopic (exact) mass is 279 g/mol. The number of methoxy groups -OCH3 is 1. The van der Waals surface area contributed by atoms with Crippen molar-refractivity contribution in [2.45, 2.75) is 0 Å². The molecule has 2 aromatic rings. The summed E-state index contributed by atoms with van der Waals surface area (Å²) in [6, 6.07) is 5.07. The maximum atomic E-state index is 13.7. The SMILES string of the molecule is COc1cccc(F)c1C(=O)Nc1cc(C(=O)O)[nH]n1. The highest BCUT2D eigenvalue weighted by atomic mass is 19.1. The average molecular weight is 279 g/mol. The summed E-state index contributed by atoms with van der Waals surface area (Å²) in [5.41, 5.74) is -0.476. The molecule has 0 fully saturated rings. The van der Waals surface area contributed by atoms with Crippen molar-refractivity contribution in [3.05, 3.63) is 41.3 Å². The van der Waals surface area contributed by atoms with E-state index in [0.717, 1.165) is 12.1 Å². The lowest BCUT2D eigenvalue weighted by Crippen LogP contribution is -2.15. The molecular formula is C12H10FN3O4. The zero-order valence-corrected chi connectivity index (χ0v) is 10.3. The minimum absolute atomic E-state index is 0.0299. The molecule has 0 spiro atoms. The maximum absolute atomic E-state index is 13.7. The number of nitrogens with zero attached hydrogens (tertiary/aromatic N) is 1. The Morgan fingerprint density at radius 3 is 2.80 bits per heavy atom. The van der Waals surface area contributed by atoms with Crippen molar-refractivity contribution in [3.63, 3.8) is 0 Å². The Bertz CT molecular complexity index is 668. The van der Waals surface area contributed by atoms with E-state index in [2.05, 4.69) is 15.5 Å². The van der Waals surface area contributed by atoms with Crippen molar-refractivity contribution >= 4 is 17.7 Å². The minimum atomic E-state index is -1.22. The number of ether oxygens (including phenoxy) is 1. The zero-order chi connectivity index (χ0) is 14.7. The standard InChI is InChI=1S/C12H10FN3O4/c1-20-8-4-2-3-6(13)10(8)11(17)14-9-5-7(12(18)19)15-16-9/h2-5H,1H3,(H,18,19)(H2,14,15,16,17). The molecule has 0 saturated heterocycles. The van der Waals surface area contributed by atoms with Crippen LogP contribution in [0.15, 0.2) is 24.3 Å². The van der Waals surface area contributed by atoms with Gasteiger partial charge in [-0.3, -0.25) is 9.89 Å². The fourth-order valence-corrected chi connectivity index (χ4v) is 1.57. The van der Waals surface area contributed by atoms with Crippen LogP contribution in [0.5, 0.6) is 5.75 Å². The van der Waals surface area contributed by atoms with Crippen molar-refractivity contribution in [2.75, 3.05) is 12.4 Å². The molecule has 0 bridgehead atoms. The number of H-pyrrole nitrogens is 1. The molecular weight excluding hydrogens is 269 g/mol. The Labute approximate surface area is 112 Å². The molecule has 0 unspecified atom stereocenters. The number of carbonyl (C=O) groups is 2. The molecule has 1 heterocycles. The van der Waals surface area contributed by atoms with Crippen LogP contribution in [-0.2, 0) is 0 Å². The van der Waals surface area contributed by atoms with Crippen LogP contribution in [0.4, 0.5) is 10.2 Å². The van der Waals surface area contributed by atoms with Crippen LogP contribution in [-0.4, -0.2) is 34.3 Å². The van der Waals surface area contributed by atoms with Gasteiger partial charge in [0.05, 0.1) is 7.11 Å². The Morgan fingerprint density at radius 2 is 2.20 bits per heavy atom. The summed E-state index contributed by atoms with van der Waals surface area (Å²) >= 11 is 0. The third-order valence-corrected chi connectivity index (χ3v) is 2.47. The Morgan fingerprint density at radius 1 is 1.45 bits per heavy atom. The third kappa shape index (κ3) is 2.58. The lowest BCUT2D eigenvalue weighted by molar-refractivity contribution is 0.0690. The number of aromatic carboxylic acids is 1. The minimum Gasteiger partial charge on any atom is -0.496 e. The average Bonchev–Trinajstić information content (AvgIpc) is 2.86. The second kappa shape index (κ2) is 5.39. The van der Waals surface area contributed by atoms with E-state index in [9.17, 15) is 14.0 Å². The molecule has 3 N–H and O–H groups in total. The van der Waals surface area contributed by atoms with Crippen LogP contribution in [0.2, 0.25) is 0 Å². The van der Waals surface area contributed by atoms with E-state index in [1.807, 2.05) is 0 Å². The summed E-state index contributed by atoms with van der Waals surface area (Å²) in [6.07, 6.45) is 0. The lowest BCUT2D eigenvalue weighted by Gasteiger charge is -2.08. The number of aromatic nitrogens is 2. The number of carboxylic acid groups (broad SMARTS) is 1. The molecule has 0 radical (unpaired) electrons. The molecule has 1 amide bonds. The van der Waals surface area contributed by atoms with E-state index in [-0.39, 0.29) is 22.8 Å². The second-order valence-electron chi connectivity index (χ2n) is 3.74. The first-order valence-electron chi connectivity index (χ1n) is 5.45. The number of amides is 1. The molecule has 1 aromatic heterocycles. The third-order valence-electron chi connectivity index (χ3n) is 2.47. The maximum Gasteiger partial charge on any atom is 0.353 e. The van der Waals surface area contributed by atoms with Gasteiger partial charge in [0.1, 0.15) is 22.8 Å². The molecule has 1 aromatic carbocycles. The second-order valence-corrected chi connectivity index (χ2v) is 3.74. The van der Waals surface area contributed by atoms with E-state index in [0.29, 0.717) is 0 Å². The van der Waals surface area contributed by atoms with Gasteiger partial charge in [-0.1, -0.05) is 6.07 Å². The van der Waals surface area contributed by atoms with Crippen LogP contribution in [0, 0.1) is 5.82 Å². The highest BCUT2D eigenvalue weighted by Crippen LogP contribution is 2.22. The molecule has 0 aliphatic heterocycles. The van der Waals surface area contributed by atoms with Gasteiger partial charge in [-0.15, -0.1) is 0 Å². The van der Waals surface area contributed by atoms with E-state index in [4.69, 9.17) is 9.84 Å². The van der Waals surface area contributed by atoms with Gasteiger partial charge in [0.15, 0.2) is 5.82 Å². The Kier molecular flexibility index (Phi) is 3.65. The molecule has 20 heavy (non-hydrogen) atoms. The number of halogens is 1. The number of hydrogen-bond donors (Lipinski definition) is 3. The smallest absolute Gasteiger partial charge is 0.353 e. The van der Waals surface area contributed by atoms with Crippen LogP contribution in [0.1, 0.15) is 20.8 Å². The predicted molar refractivity (Wildman–Crippen MR) is 66.5 cm³/mol. The molecule has 0 aliphatic carbocycles. The highest BCUT2D eigenvalue weighted by molar-refractivity contribution is 6.06. The van der Waals surface area contributed by atoms with Gasteiger partial charge >= 0.3 is 5.97 Å². The fraction of sp³-hybridized carbons (Fsp3) is 0.0833. The summed E-state index contributed by atoms with van der Waals surface area (Å²) < 4.78 is 18.6. The normalized spacial score (nSPS) is 10.1. The number of carbonyl (C=O) groups excluding carboxylic acids is 1. The summed E-state index contributed by atoms with van der Waals surface area (Å²) in [5.74, 6) is -2.73. The van der Waals surface area contributed by atoms with Crippen molar-refractivity contribution in [3.8, 4) is 5.75 Å². The number of benzene rings is 1. The first-order valence-corrected chi connectivity index (χ1v) is 5.45. The quantitative estimate of drug-likeness (QED) is 0.786. The number of rotatable bonds is 4. The zero-order valence-electron chi connectivity index (χ0n) is 10.3. The Hall–Kier alpha value is -2.90. The van der Waals surface area contributed by atoms with E-state index in [1.165, 1.54) is 19.2 Å². The van der Waals surface area contributed by atoms with Gasteiger partial charge in [-0.2, -0.15) is 5.10 Å². The molecule has 104 valence electrons. The van der Waals surface area contributed by atoms with Gasteiger partial charge < -0.3 is 15.2 Å². The van der Waals surface area contributed by atoms with Crippen molar-refractivity contribution in [2.24, 2.45) is 0 Å².